The lowest BCUT2D eigenvalue weighted by molar-refractivity contribution is 0.147. The Balaban J connectivity index is 1.52. The largest absolute Gasteiger partial charge is 0.489 e. The van der Waals surface area contributed by atoms with E-state index in [0.717, 1.165) is 16.1 Å². The van der Waals surface area contributed by atoms with Gasteiger partial charge < -0.3 is 9.47 Å². The Labute approximate surface area is 156 Å². The molecule has 0 spiro atoms. The highest BCUT2D eigenvalue weighted by Gasteiger charge is 2.13. The van der Waals surface area contributed by atoms with E-state index in [1.165, 1.54) is 12.1 Å². The molecule has 0 radical (unpaired) electrons. The number of nitrogens with zero attached hydrogens (tertiary/aromatic N) is 1. The summed E-state index contributed by atoms with van der Waals surface area (Å²) in [6, 6.07) is 22.2. The molecule has 3 aromatic rings. The third kappa shape index (κ3) is 5.29. The van der Waals surface area contributed by atoms with Gasteiger partial charge in [-0.2, -0.15) is 0 Å². The number of carbonyl (C=O) groups is 1. The quantitative estimate of drug-likeness (QED) is 0.398. The van der Waals surface area contributed by atoms with Gasteiger partial charge in [0.15, 0.2) is 0 Å². The second-order valence-electron chi connectivity index (χ2n) is 5.82. The fourth-order valence-electron chi connectivity index (χ4n) is 2.34. The van der Waals surface area contributed by atoms with Crippen LogP contribution in [-0.4, -0.2) is 6.09 Å². The van der Waals surface area contributed by atoms with Crippen molar-refractivity contribution in [1.82, 2.24) is 0 Å². The van der Waals surface area contributed by atoms with Crippen molar-refractivity contribution in [2.45, 2.75) is 13.2 Å². The minimum atomic E-state index is -0.654. The van der Waals surface area contributed by atoms with Crippen LogP contribution in [0.2, 0.25) is 0 Å². The standard InChI is InChI=1S/C21H19FN2O3/c22-18-8-6-17(7-9-18)14-26-20-12-10-19(11-13-20)24(23)21(25)27-15-16-4-2-1-3-5-16/h1-13H,14-15,23H2. The van der Waals surface area contributed by atoms with Gasteiger partial charge in [0, 0.05) is 0 Å². The van der Waals surface area contributed by atoms with Gasteiger partial charge in [0.25, 0.3) is 0 Å². The first-order valence-electron chi connectivity index (χ1n) is 8.34. The fraction of sp³-hybridized carbons (Fsp3) is 0.0952. The number of hydrazine groups is 1. The zero-order chi connectivity index (χ0) is 19.1. The molecule has 0 bridgehead atoms. The normalized spacial score (nSPS) is 10.3. The molecule has 0 atom stereocenters. The summed E-state index contributed by atoms with van der Waals surface area (Å²) < 4.78 is 23.7. The number of amides is 1. The molecule has 0 aliphatic heterocycles. The van der Waals surface area contributed by atoms with E-state index in [1.54, 1.807) is 36.4 Å². The highest BCUT2D eigenvalue weighted by molar-refractivity contribution is 5.86. The smallest absolute Gasteiger partial charge is 0.429 e. The molecule has 0 fully saturated rings. The van der Waals surface area contributed by atoms with Crippen molar-refractivity contribution in [1.29, 1.82) is 0 Å². The highest BCUT2D eigenvalue weighted by atomic mass is 19.1. The van der Waals surface area contributed by atoms with Crippen LogP contribution in [0, 0.1) is 5.82 Å². The molecule has 0 aliphatic carbocycles. The van der Waals surface area contributed by atoms with Crippen LogP contribution < -0.4 is 15.6 Å². The number of nitrogens with two attached hydrogens (primary N) is 1. The summed E-state index contributed by atoms with van der Waals surface area (Å²) in [5, 5.41) is 0.937. The molecule has 0 aliphatic rings. The van der Waals surface area contributed by atoms with Crippen LogP contribution in [0.4, 0.5) is 14.9 Å². The zero-order valence-corrected chi connectivity index (χ0v) is 14.5. The summed E-state index contributed by atoms with van der Waals surface area (Å²) in [5.74, 6) is 6.13. The van der Waals surface area contributed by atoms with Crippen LogP contribution in [0.3, 0.4) is 0 Å². The van der Waals surface area contributed by atoms with Crippen molar-refractivity contribution >= 4 is 11.8 Å². The Hall–Kier alpha value is -3.38. The Bertz CT molecular complexity index is 868. The number of ether oxygens (including phenoxy) is 2. The number of rotatable bonds is 6. The maximum absolute atomic E-state index is 12.9. The molecule has 1 amide bonds. The lowest BCUT2D eigenvalue weighted by Crippen LogP contribution is -2.37. The van der Waals surface area contributed by atoms with Crippen LogP contribution in [0.15, 0.2) is 78.9 Å². The fourth-order valence-corrected chi connectivity index (χ4v) is 2.34. The van der Waals surface area contributed by atoms with Crippen molar-refractivity contribution < 1.29 is 18.7 Å². The monoisotopic (exact) mass is 366 g/mol. The highest BCUT2D eigenvalue weighted by Crippen LogP contribution is 2.19. The van der Waals surface area contributed by atoms with Crippen LogP contribution >= 0.6 is 0 Å². The summed E-state index contributed by atoms with van der Waals surface area (Å²) in [6.07, 6.45) is -0.654. The number of hydrogen-bond donors (Lipinski definition) is 1. The maximum atomic E-state index is 12.9. The second-order valence-corrected chi connectivity index (χ2v) is 5.82. The Morgan fingerprint density at radius 2 is 1.48 bits per heavy atom. The average molecular weight is 366 g/mol. The third-order valence-corrected chi connectivity index (χ3v) is 3.84. The first-order valence-corrected chi connectivity index (χ1v) is 8.34. The molecular formula is C21H19FN2O3. The van der Waals surface area contributed by atoms with Crippen molar-refractivity contribution in [2.24, 2.45) is 5.84 Å². The first-order chi connectivity index (χ1) is 13.1. The molecule has 5 nitrogen and oxygen atoms in total. The Kier molecular flexibility index (Phi) is 6.02. The summed E-state index contributed by atoms with van der Waals surface area (Å²) in [4.78, 5) is 12.1. The predicted molar refractivity (Wildman–Crippen MR) is 100 cm³/mol. The number of halogens is 1. The van der Waals surface area contributed by atoms with E-state index < -0.39 is 6.09 Å². The van der Waals surface area contributed by atoms with Gasteiger partial charge in [-0.1, -0.05) is 42.5 Å². The molecule has 27 heavy (non-hydrogen) atoms. The number of hydrogen-bond acceptors (Lipinski definition) is 4. The zero-order valence-electron chi connectivity index (χ0n) is 14.5. The van der Waals surface area contributed by atoms with Crippen molar-refractivity contribution in [3.63, 3.8) is 0 Å². The third-order valence-electron chi connectivity index (χ3n) is 3.84. The number of carbonyl (C=O) groups excluding carboxylic acids is 1. The lowest BCUT2D eigenvalue weighted by Gasteiger charge is -2.17. The first kappa shape index (κ1) is 18.4. The molecular weight excluding hydrogens is 347 g/mol. The number of benzene rings is 3. The van der Waals surface area contributed by atoms with E-state index in [4.69, 9.17) is 15.3 Å². The van der Waals surface area contributed by atoms with E-state index in [0.29, 0.717) is 18.0 Å². The van der Waals surface area contributed by atoms with Gasteiger partial charge in [0.1, 0.15) is 24.8 Å². The van der Waals surface area contributed by atoms with Crippen LogP contribution in [-0.2, 0) is 18.0 Å². The van der Waals surface area contributed by atoms with E-state index in [-0.39, 0.29) is 12.4 Å². The van der Waals surface area contributed by atoms with Crippen LogP contribution in [0.25, 0.3) is 0 Å². The van der Waals surface area contributed by atoms with Gasteiger partial charge in [0.05, 0.1) is 5.69 Å². The minimum absolute atomic E-state index is 0.145. The number of anilines is 1. The molecule has 0 saturated carbocycles. The van der Waals surface area contributed by atoms with Gasteiger partial charge in [-0.15, -0.1) is 0 Å². The van der Waals surface area contributed by atoms with E-state index in [1.807, 2.05) is 30.3 Å². The van der Waals surface area contributed by atoms with Crippen LogP contribution in [0.1, 0.15) is 11.1 Å². The van der Waals surface area contributed by atoms with Gasteiger partial charge in [-0.3, -0.25) is 0 Å². The molecule has 6 heteroatoms. The predicted octanol–water partition coefficient (Wildman–Crippen LogP) is 4.42. The molecule has 2 N–H and O–H groups in total. The minimum Gasteiger partial charge on any atom is -0.489 e. The van der Waals surface area contributed by atoms with Gasteiger partial charge >= 0.3 is 6.09 Å². The van der Waals surface area contributed by atoms with Crippen LogP contribution in [0.5, 0.6) is 5.75 Å². The molecule has 0 aromatic heterocycles. The average Bonchev–Trinajstić information content (AvgIpc) is 2.72. The van der Waals surface area contributed by atoms with E-state index in [2.05, 4.69) is 0 Å². The summed E-state index contributed by atoms with van der Waals surface area (Å²) in [5.41, 5.74) is 2.21. The summed E-state index contributed by atoms with van der Waals surface area (Å²) in [6.45, 7) is 0.456. The Morgan fingerprint density at radius 3 is 2.15 bits per heavy atom. The molecule has 138 valence electrons. The maximum Gasteiger partial charge on any atom is 0.429 e. The molecule has 0 saturated heterocycles. The van der Waals surface area contributed by atoms with E-state index in [9.17, 15) is 9.18 Å². The second kappa shape index (κ2) is 8.82. The lowest BCUT2D eigenvalue weighted by atomic mass is 10.2. The topological polar surface area (TPSA) is 64.8 Å². The van der Waals surface area contributed by atoms with Crippen molar-refractivity contribution in [2.75, 3.05) is 5.01 Å². The van der Waals surface area contributed by atoms with Crippen molar-refractivity contribution in [3.05, 3.63) is 95.8 Å². The van der Waals surface area contributed by atoms with Gasteiger partial charge in [0.2, 0.25) is 0 Å². The van der Waals surface area contributed by atoms with Gasteiger partial charge in [-0.25, -0.2) is 20.0 Å². The van der Waals surface area contributed by atoms with Crippen molar-refractivity contribution in [3.8, 4) is 5.75 Å². The molecule has 0 heterocycles. The molecule has 0 unspecified atom stereocenters. The molecule has 3 aromatic carbocycles. The summed E-state index contributed by atoms with van der Waals surface area (Å²) >= 11 is 0. The van der Waals surface area contributed by atoms with Gasteiger partial charge in [-0.05, 0) is 47.5 Å². The van der Waals surface area contributed by atoms with E-state index >= 15 is 0 Å². The Morgan fingerprint density at radius 1 is 0.852 bits per heavy atom. The molecule has 3 rings (SSSR count). The summed E-state index contributed by atoms with van der Waals surface area (Å²) in [7, 11) is 0. The SMILES string of the molecule is NN(C(=O)OCc1ccccc1)c1ccc(OCc2ccc(F)cc2)cc1.